The molecule has 1 heterocycles. The normalized spacial score (nSPS) is 12.0. The van der Waals surface area contributed by atoms with Crippen LogP contribution in [0.5, 0.6) is 11.5 Å². The topological polar surface area (TPSA) is 43.4 Å². The molecule has 1 N–H and O–H groups in total. The maximum absolute atomic E-state index is 5.40. The maximum Gasteiger partial charge on any atom is 0.161 e. The van der Waals surface area contributed by atoms with Crippen LogP contribution in [0, 0.1) is 6.92 Å². The van der Waals surface area contributed by atoms with Gasteiger partial charge in [-0.25, -0.2) is 0 Å². The highest BCUT2D eigenvalue weighted by Crippen LogP contribution is 2.32. The van der Waals surface area contributed by atoms with Crippen LogP contribution < -0.4 is 14.8 Å². The lowest BCUT2D eigenvalue weighted by atomic mass is 9.97. The summed E-state index contributed by atoms with van der Waals surface area (Å²) in [6.45, 7) is 4.99. The monoisotopic (exact) mass is 286 g/mol. The van der Waals surface area contributed by atoms with Crippen LogP contribution in [0.25, 0.3) is 0 Å². The maximum atomic E-state index is 5.40. The van der Waals surface area contributed by atoms with Gasteiger partial charge in [-0.15, -0.1) is 0 Å². The van der Waals surface area contributed by atoms with E-state index >= 15 is 0 Å². The van der Waals surface area contributed by atoms with Crippen molar-refractivity contribution in [1.82, 2.24) is 10.3 Å². The Kier molecular flexibility index (Phi) is 5.17. The number of aryl methyl sites for hydroxylation is 1. The summed E-state index contributed by atoms with van der Waals surface area (Å²) < 4.78 is 10.7. The summed E-state index contributed by atoms with van der Waals surface area (Å²) in [4.78, 5) is 4.39. The number of hydrogen-bond acceptors (Lipinski definition) is 4. The van der Waals surface area contributed by atoms with E-state index in [4.69, 9.17) is 9.47 Å². The van der Waals surface area contributed by atoms with Crippen molar-refractivity contribution in [3.05, 3.63) is 53.3 Å². The molecule has 1 aromatic heterocycles. The van der Waals surface area contributed by atoms with Gasteiger partial charge in [0.25, 0.3) is 0 Å². The molecule has 0 amide bonds. The van der Waals surface area contributed by atoms with Crippen LogP contribution in [0.1, 0.15) is 29.8 Å². The number of aromatic nitrogens is 1. The second kappa shape index (κ2) is 7.09. The zero-order valence-corrected chi connectivity index (χ0v) is 13.0. The van der Waals surface area contributed by atoms with Crippen molar-refractivity contribution in [3.63, 3.8) is 0 Å². The van der Waals surface area contributed by atoms with Gasteiger partial charge in [0, 0.05) is 11.9 Å². The Hall–Kier alpha value is -2.07. The molecule has 112 valence electrons. The summed E-state index contributed by atoms with van der Waals surface area (Å²) in [6.07, 6.45) is 1.82. The SMILES string of the molecule is CCNC(c1ccc(OC)c(OC)c1)c1cccnc1C. The van der Waals surface area contributed by atoms with Gasteiger partial charge in [-0.05, 0) is 42.8 Å². The van der Waals surface area contributed by atoms with Gasteiger partial charge in [0.05, 0.1) is 20.3 Å². The third-order valence-corrected chi connectivity index (χ3v) is 3.51. The number of methoxy groups -OCH3 is 2. The number of rotatable bonds is 6. The summed E-state index contributed by atoms with van der Waals surface area (Å²) in [5, 5.41) is 3.51. The van der Waals surface area contributed by atoms with E-state index in [-0.39, 0.29) is 6.04 Å². The fraction of sp³-hybridized carbons (Fsp3) is 0.353. The summed E-state index contributed by atoms with van der Waals surface area (Å²) >= 11 is 0. The molecule has 1 atom stereocenters. The number of hydrogen-bond donors (Lipinski definition) is 1. The Bertz CT molecular complexity index is 599. The van der Waals surface area contributed by atoms with Crippen molar-refractivity contribution in [1.29, 1.82) is 0 Å². The first-order valence-electron chi connectivity index (χ1n) is 7.08. The van der Waals surface area contributed by atoms with Crippen LogP contribution in [0.2, 0.25) is 0 Å². The molecule has 1 unspecified atom stereocenters. The largest absolute Gasteiger partial charge is 0.493 e. The van der Waals surface area contributed by atoms with E-state index in [1.807, 2.05) is 31.3 Å². The second-order valence-electron chi connectivity index (χ2n) is 4.78. The van der Waals surface area contributed by atoms with Crippen molar-refractivity contribution in [2.75, 3.05) is 20.8 Å². The highest BCUT2D eigenvalue weighted by atomic mass is 16.5. The van der Waals surface area contributed by atoms with E-state index in [1.54, 1.807) is 14.2 Å². The van der Waals surface area contributed by atoms with E-state index in [9.17, 15) is 0 Å². The van der Waals surface area contributed by atoms with Crippen LogP contribution in [0.3, 0.4) is 0 Å². The molecule has 4 nitrogen and oxygen atoms in total. The quantitative estimate of drug-likeness (QED) is 0.886. The molecule has 0 aliphatic rings. The molecule has 0 spiro atoms. The van der Waals surface area contributed by atoms with Gasteiger partial charge in [0.15, 0.2) is 11.5 Å². The minimum absolute atomic E-state index is 0.0866. The average molecular weight is 286 g/mol. The molecule has 1 aromatic carbocycles. The smallest absolute Gasteiger partial charge is 0.161 e. The van der Waals surface area contributed by atoms with Crippen LogP contribution in [0.4, 0.5) is 0 Å². The van der Waals surface area contributed by atoms with Crippen molar-refractivity contribution in [2.24, 2.45) is 0 Å². The van der Waals surface area contributed by atoms with E-state index in [0.717, 1.165) is 29.3 Å². The molecule has 0 aliphatic heterocycles. The molecule has 0 saturated carbocycles. The first kappa shape index (κ1) is 15.3. The zero-order chi connectivity index (χ0) is 15.2. The Morgan fingerprint density at radius 3 is 2.52 bits per heavy atom. The number of ether oxygens (including phenoxy) is 2. The van der Waals surface area contributed by atoms with Crippen LogP contribution in [-0.4, -0.2) is 25.7 Å². The fourth-order valence-electron chi connectivity index (χ4n) is 2.45. The standard InChI is InChI=1S/C17H22N2O2/c1-5-18-17(14-7-6-10-19-12(14)2)13-8-9-15(20-3)16(11-13)21-4/h6-11,17-18H,5H2,1-4H3. The molecule has 0 bridgehead atoms. The van der Waals surface area contributed by atoms with Crippen LogP contribution in [-0.2, 0) is 0 Å². The molecule has 2 rings (SSSR count). The predicted octanol–water partition coefficient (Wildman–Crippen LogP) is 3.11. The molecule has 21 heavy (non-hydrogen) atoms. The van der Waals surface area contributed by atoms with E-state index in [0.29, 0.717) is 0 Å². The average Bonchev–Trinajstić information content (AvgIpc) is 2.53. The molecular weight excluding hydrogens is 264 g/mol. The van der Waals surface area contributed by atoms with Crippen molar-refractivity contribution >= 4 is 0 Å². The van der Waals surface area contributed by atoms with Crippen molar-refractivity contribution in [3.8, 4) is 11.5 Å². The Balaban J connectivity index is 2.46. The zero-order valence-electron chi connectivity index (χ0n) is 13.0. The molecule has 0 fully saturated rings. The Labute approximate surface area is 126 Å². The van der Waals surface area contributed by atoms with Gasteiger partial charge >= 0.3 is 0 Å². The number of nitrogens with zero attached hydrogens (tertiary/aromatic N) is 1. The van der Waals surface area contributed by atoms with Crippen LogP contribution in [0.15, 0.2) is 36.5 Å². The van der Waals surface area contributed by atoms with Gasteiger partial charge in [0.1, 0.15) is 0 Å². The summed E-state index contributed by atoms with van der Waals surface area (Å²) in [5.74, 6) is 1.47. The molecule has 0 radical (unpaired) electrons. The fourth-order valence-corrected chi connectivity index (χ4v) is 2.45. The highest BCUT2D eigenvalue weighted by Gasteiger charge is 2.17. The minimum Gasteiger partial charge on any atom is -0.493 e. The second-order valence-corrected chi connectivity index (χ2v) is 4.78. The summed E-state index contributed by atoms with van der Waals surface area (Å²) in [6, 6.07) is 10.2. The highest BCUT2D eigenvalue weighted by molar-refractivity contribution is 5.46. The third-order valence-electron chi connectivity index (χ3n) is 3.51. The van der Waals surface area contributed by atoms with Crippen molar-refractivity contribution in [2.45, 2.75) is 19.9 Å². The lowest BCUT2D eigenvalue weighted by Gasteiger charge is -2.21. The third kappa shape index (κ3) is 3.34. The van der Waals surface area contributed by atoms with Gasteiger partial charge in [-0.1, -0.05) is 19.1 Å². The Morgan fingerprint density at radius 1 is 1.14 bits per heavy atom. The lowest BCUT2D eigenvalue weighted by molar-refractivity contribution is 0.354. The van der Waals surface area contributed by atoms with Gasteiger partial charge < -0.3 is 14.8 Å². The van der Waals surface area contributed by atoms with Gasteiger partial charge in [-0.2, -0.15) is 0 Å². The number of pyridine rings is 1. The van der Waals surface area contributed by atoms with E-state index < -0.39 is 0 Å². The molecule has 0 aliphatic carbocycles. The molecule has 0 saturated heterocycles. The van der Waals surface area contributed by atoms with Gasteiger partial charge in [-0.3, -0.25) is 4.98 Å². The summed E-state index contributed by atoms with van der Waals surface area (Å²) in [5.41, 5.74) is 3.33. The van der Waals surface area contributed by atoms with Gasteiger partial charge in [0.2, 0.25) is 0 Å². The first-order chi connectivity index (χ1) is 10.2. The van der Waals surface area contributed by atoms with Crippen molar-refractivity contribution < 1.29 is 9.47 Å². The molecule has 4 heteroatoms. The molecule has 2 aromatic rings. The summed E-state index contributed by atoms with van der Waals surface area (Å²) in [7, 11) is 3.30. The van der Waals surface area contributed by atoms with E-state index in [1.165, 1.54) is 5.56 Å². The number of benzene rings is 1. The van der Waals surface area contributed by atoms with E-state index in [2.05, 4.69) is 29.4 Å². The number of nitrogens with one attached hydrogen (secondary N) is 1. The predicted molar refractivity (Wildman–Crippen MR) is 84.0 cm³/mol. The molecular formula is C17H22N2O2. The first-order valence-corrected chi connectivity index (χ1v) is 7.08. The lowest BCUT2D eigenvalue weighted by Crippen LogP contribution is -2.23. The Morgan fingerprint density at radius 2 is 1.90 bits per heavy atom. The minimum atomic E-state index is 0.0866. The van der Waals surface area contributed by atoms with Crippen LogP contribution >= 0.6 is 0 Å².